The fourth-order valence-electron chi connectivity index (χ4n) is 2.85. The molecule has 0 bridgehead atoms. The zero-order valence-corrected chi connectivity index (χ0v) is 15.0. The highest BCUT2D eigenvalue weighted by Crippen LogP contribution is 2.25. The second-order valence-electron chi connectivity index (χ2n) is 5.97. The molecule has 134 valence electrons. The van der Waals surface area contributed by atoms with Gasteiger partial charge < -0.3 is 9.47 Å². The largest absolute Gasteiger partial charge is 0.469 e. The van der Waals surface area contributed by atoms with E-state index in [1.165, 1.54) is 25.0 Å². The first-order valence-electron chi connectivity index (χ1n) is 8.41. The molecule has 5 heteroatoms. The molecule has 2 aromatic carbocycles. The lowest BCUT2D eigenvalue weighted by Gasteiger charge is -2.29. The second kappa shape index (κ2) is 9.18. The smallest absolute Gasteiger partial charge is 0.306 e. The SMILES string of the molecule is COC(=O)CCN(CCC(=O)OC)C(C)c1ccc2ccccc2c1. The number of carbonyl (C=O) groups excluding carboxylic acids is 2. The van der Waals surface area contributed by atoms with Crippen LogP contribution in [0.5, 0.6) is 0 Å². The lowest BCUT2D eigenvalue weighted by atomic mass is 10.0. The number of hydrogen-bond acceptors (Lipinski definition) is 5. The molecule has 0 aliphatic carbocycles. The molecule has 1 unspecified atom stereocenters. The molecule has 0 N–H and O–H groups in total. The van der Waals surface area contributed by atoms with E-state index in [0.29, 0.717) is 13.1 Å². The molecule has 25 heavy (non-hydrogen) atoms. The summed E-state index contributed by atoms with van der Waals surface area (Å²) in [6.45, 7) is 3.13. The Balaban J connectivity index is 2.16. The third-order valence-electron chi connectivity index (χ3n) is 4.47. The van der Waals surface area contributed by atoms with Crippen molar-refractivity contribution in [3.8, 4) is 0 Å². The fraction of sp³-hybridized carbons (Fsp3) is 0.400. The lowest BCUT2D eigenvalue weighted by Crippen LogP contribution is -2.32. The Morgan fingerprint density at radius 2 is 1.48 bits per heavy atom. The fourth-order valence-corrected chi connectivity index (χ4v) is 2.85. The number of benzene rings is 2. The Hall–Kier alpha value is -2.40. The number of ether oxygens (including phenoxy) is 2. The number of rotatable bonds is 8. The minimum atomic E-state index is -0.256. The Kier molecular flexibility index (Phi) is 6.95. The quantitative estimate of drug-likeness (QED) is 0.688. The van der Waals surface area contributed by atoms with Gasteiger partial charge in [0.15, 0.2) is 0 Å². The maximum absolute atomic E-state index is 11.5. The molecular weight excluding hydrogens is 318 g/mol. The van der Waals surface area contributed by atoms with Gasteiger partial charge in [0.05, 0.1) is 27.1 Å². The molecule has 1 atom stereocenters. The maximum atomic E-state index is 11.5. The molecule has 0 saturated carbocycles. The molecule has 0 aromatic heterocycles. The first-order chi connectivity index (χ1) is 12.0. The van der Waals surface area contributed by atoms with Crippen molar-refractivity contribution in [2.45, 2.75) is 25.8 Å². The van der Waals surface area contributed by atoms with Crippen LogP contribution in [0.3, 0.4) is 0 Å². The van der Waals surface area contributed by atoms with E-state index < -0.39 is 0 Å². The third-order valence-corrected chi connectivity index (χ3v) is 4.47. The van der Waals surface area contributed by atoms with Gasteiger partial charge in [-0.15, -0.1) is 0 Å². The minimum absolute atomic E-state index is 0.0684. The first kappa shape index (κ1) is 18.9. The zero-order chi connectivity index (χ0) is 18.2. The van der Waals surface area contributed by atoms with E-state index >= 15 is 0 Å². The van der Waals surface area contributed by atoms with E-state index in [1.54, 1.807) is 0 Å². The van der Waals surface area contributed by atoms with Crippen LogP contribution < -0.4 is 0 Å². The van der Waals surface area contributed by atoms with Gasteiger partial charge in [0.2, 0.25) is 0 Å². The summed E-state index contributed by atoms with van der Waals surface area (Å²) in [5, 5.41) is 2.36. The van der Waals surface area contributed by atoms with Gasteiger partial charge in [-0.3, -0.25) is 14.5 Å². The highest BCUT2D eigenvalue weighted by Gasteiger charge is 2.18. The maximum Gasteiger partial charge on any atom is 0.306 e. The first-order valence-corrected chi connectivity index (χ1v) is 8.41. The normalized spacial score (nSPS) is 12.2. The summed E-state index contributed by atoms with van der Waals surface area (Å²) in [5.41, 5.74) is 1.15. The van der Waals surface area contributed by atoms with Crippen LogP contribution in [0.25, 0.3) is 10.8 Å². The van der Waals surface area contributed by atoms with Gasteiger partial charge in [0, 0.05) is 19.1 Å². The van der Waals surface area contributed by atoms with E-state index in [2.05, 4.69) is 42.2 Å². The van der Waals surface area contributed by atoms with Gasteiger partial charge >= 0.3 is 11.9 Å². The highest BCUT2D eigenvalue weighted by molar-refractivity contribution is 5.83. The molecule has 5 nitrogen and oxygen atoms in total. The van der Waals surface area contributed by atoms with Crippen molar-refractivity contribution in [2.24, 2.45) is 0 Å². The van der Waals surface area contributed by atoms with Crippen LogP contribution in [-0.2, 0) is 19.1 Å². The molecule has 0 aliphatic rings. The summed E-state index contributed by atoms with van der Waals surface area (Å²) in [7, 11) is 2.77. The van der Waals surface area contributed by atoms with Gasteiger partial charge in [0.25, 0.3) is 0 Å². The van der Waals surface area contributed by atoms with E-state index in [4.69, 9.17) is 9.47 Å². The van der Waals surface area contributed by atoms with Crippen LogP contribution in [-0.4, -0.2) is 44.1 Å². The van der Waals surface area contributed by atoms with Gasteiger partial charge in [-0.2, -0.15) is 0 Å². The van der Waals surface area contributed by atoms with Crippen molar-refractivity contribution in [1.29, 1.82) is 0 Å². The number of fused-ring (bicyclic) bond motifs is 1. The summed E-state index contributed by atoms with van der Waals surface area (Å²) in [6.07, 6.45) is 0.575. The van der Waals surface area contributed by atoms with Crippen LogP contribution in [0.4, 0.5) is 0 Å². The lowest BCUT2D eigenvalue weighted by molar-refractivity contribution is -0.141. The van der Waals surface area contributed by atoms with Crippen molar-refractivity contribution in [1.82, 2.24) is 4.90 Å². The van der Waals surface area contributed by atoms with E-state index in [-0.39, 0.29) is 30.8 Å². The van der Waals surface area contributed by atoms with E-state index in [1.807, 2.05) is 12.1 Å². The van der Waals surface area contributed by atoms with E-state index in [0.717, 1.165) is 5.56 Å². The number of carbonyl (C=O) groups is 2. The van der Waals surface area contributed by atoms with Gasteiger partial charge in [0.1, 0.15) is 0 Å². The summed E-state index contributed by atoms with van der Waals surface area (Å²) in [5.74, 6) is -0.512. The van der Waals surface area contributed by atoms with Crippen molar-refractivity contribution < 1.29 is 19.1 Å². The molecule has 0 saturated heterocycles. The van der Waals surface area contributed by atoms with Crippen LogP contribution >= 0.6 is 0 Å². The average molecular weight is 343 g/mol. The van der Waals surface area contributed by atoms with Gasteiger partial charge in [-0.25, -0.2) is 0 Å². The Morgan fingerprint density at radius 3 is 2.04 bits per heavy atom. The van der Waals surface area contributed by atoms with Gasteiger partial charge in [-0.05, 0) is 29.3 Å². The predicted octanol–water partition coefficient (Wildman–Crippen LogP) is 3.33. The average Bonchev–Trinajstić information content (AvgIpc) is 2.66. The molecule has 0 radical (unpaired) electrons. The zero-order valence-electron chi connectivity index (χ0n) is 15.0. The van der Waals surface area contributed by atoms with Crippen LogP contribution in [0.2, 0.25) is 0 Å². The standard InChI is InChI=1S/C20H25NO4/c1-15(17-9-8-16-6-4-5-7-18(16)14-17)21(12-10-19(22)24-2)13-11-20(23)25-3/h4-9,14-15H,10-13H2,1-3H3. The van der Waals surface area contributed by atoms with Crippen molar-refractivity contribution in [2.75, 3.05) is 27.3 Å². The van der Waals surface area contributed by atoms with Crippen molar-refractivity contribution in [3.05, 3.63) is 48.0 Å². The summed E-state index contributed by atoms with van der Waals surface area (Å²) < 4.78 is 9.47. The molecule has 0 aliphatic heterocycles. The minimum Gasteiger partial charge on any atom is -0.469 e. The molecule has 0 fully saturated rings. The summed E-state index contributed by atoms with van der Waals surface area (Å²) in [6, 6.07) is 14.6. The van der Waals surface area contributed by atoms with Crippen LogP contribution in [0.15, 0.2) is 42.5 Å². The third kappa shape index (κ3) is 5.29. The number of hydrogen-bond donors (Lipinski definition) is 0. The van der Waals surface area contributed by atoms with Crippen LogP contribution in [0, 0.1) is 0 Å². The summed E-state index contributed by atoms with van der Waals surface area (Å²) in [4.78, 5) is 25.1. The Labute approximate surface area is 148 Å². The topological polar surface area (TPSA) is 55.8 Å². The monoisotopic (exact) mass is 343 g/mol. The molecule has 0 heterocycles. The predicted molar refractivity (Wildman–Crippen MR) is 97.2 cm³/mol. The number of methoxy groups -OCH3 is 2. The van der Waals surface area contributed by atoms with Gasteiger partial charge in [-0.1, -0.05) is 36.4 Å². The van der Waals surface area contributed by atoms with Crippen molar-refractivity contribution in [3.63, 3.8) is 0 Å². The second-order valence-corrected chi connectivity index (χ2v) is 5.97. The number of esters is 2. The molecular formula is C20H25NO4. The van der Waals surface area contributed by atoms with Crippen LogP contribution in [0.1, 0.15) is 31.4 Å². The van der Waals surface area contributed by atoms with E-state index in [9.17, 15) is 9.59 Å². The Morgan fingerprint density at radius 1 is 0.920 bits per heavy atom. The van der Waals surface area contributed by atoms with Crippen molar-refractivity contribution >= 4 is 22.7 Å². The highest BCUT2D eigenvalue weighted by atomic mass is 16.5. The number of nitrogens with zero attached hydrogens (tertiary/aromatic N) is 1. The Bertz CT molecular complexity index is 708. The molecule has 0 amide bonds. The molecule has 0 spiro atoms. The summed E-state index contributed by atoms with van der Waals surface area (Å²) >= 11 is 0. The molecule has 2 rings (SSSR count). The molecule has 2 aromatic rings.